The van der Waals surface area contributed by atoms with Crippen molar-refractivity contribution in [1.29, 1.82) is 0 Å². The summed E-state index contributed by atoms with van der Waals surface area (Å²) in [5.41, 5.74) is 7.15. The number of nitrogen functional groups attached to an aromatic ring is 1. The fraction of sp³-hybridized carbons (Fsp3) is 0.250. The summed E-state index contributed by atoms with van der Waals surface area (Å²) in [6, 6.07) is 5.11. The second kappa shape index (κ2) is 5.68. The lowest BCUT2D eigenvalue weighted by Gasteiger charge is -2.07. The molecule has 0 aliphatic carbocycles. The first-order valence-electron chi connectivity index (χ1n) is 5.94. The van der Waals surface area contributed by atoms with Gasteiger partial charge in [0, 0.05) is 24.8 Å². The lowest BCUT2D eigenvalue weighted by atomic mass is 10.3. The Hall–Kier alpha value is -2.16. The number of hydrogen-bond acceptors (Lipinski definition) is 5. The molecule has 1 aromatic heterocycles. The molecule has 0 unspecified atom stereocenters. The topological polar surface area (TPSA) is 90.0 Å². The summed E-state index contributed by atoms with van der Waals surface area (Å²) < 4.78 is 48.8. The van der Waals surface area contributed by atoms with Crippen molar-refractivity contribution in [1.82, 2.24) is 9.78 Å². The molecule has 0 radical (unpaired) electrons. The molecule has 0 amide bonds. The number of benzene rings is 1. The number of sulfone groups is 1. The molecular weight excluding hydrogens is 302 g/mol. The third kappa shape index (κ3) is 3.13. The number of nitrogens with two attached hydrogens (primary N) is 1. The van der Waals surface area contributed by atoms with Gasteiger partial charge >= 0.3 is 5.76 Å². The molecule has 0 fully saturated rings. The monoisotopic (exact) mass is 316 g/mol. The van der Waals surface area contributed by atoms with Crippen LogP contribution in [0.1, 0.15) is 5.56 Å². The summed E-state index contributed by atoms with van der Waals surface area (Å²) in [6.07, 6.45) is 1.61. The predicted molar refractivity (Wildman–Crippen MR) is 74.6 cm³/mol. The predicted octanol–water partition coefficient (Wildman–Crippen LogP) is 1.61. The lowest BCUT2D eigenvalue weighted by molar-refractivity contribution is 0.234. The highest BCUT2D eigenvalue weighted by atomic mass is 32.2. The summed E-state index contributed by atoms with van der Waals surface area (Å²) in [4.78, 5) is -0.413. The van der Waals surface area contributed by atoms with E-state index < -0.39 is 20.5 Å². The van der Waals surface area contributed by atoms with Crippen molar-refractivity contribution in [3.05, 3.63) is 36.0 Å². The molecule has 0 aliphatic rings. The largest absolute Gasteiger partial charge is 0.384 e. The molecule has 0 bridgehead atoms. The summed E-state index contributed by atoms with van der Waals surface area (Å²) in [7, 11) is -2.85. The van der Waals surface area contributed by atoms with Crippen molar-refractivity contribution in [2.45, 2.75) is 17.2 Å². The van der Waals surface area contributed by atoms with Crippen molar-refractivity contribution in [3.8, 4) is 0 Å². The van der Waals surface area contributed by atoms with Crippen LogP contribution in [-0.2, 0) is 23.4 Å². The van der Waals surface area contributed by atoms with Gasteiger partial charge < -0.3 is 11.1 Å². The van der Waals surface area contributed by atoms with Gasteiger partial charge in [-0.15, -0.1) is 0 Å². The maximum absolute atomic E-state index is 12.4. The first kappa shape index (κ1) is 15.2. The van der Waals surface area contributed by atoms with Gasteiger partial charge in [0.05, 0.1) is 11.1 Å². The minimum absolute atomic E-state index is 0.390. The van der Waals surface area contributed by atoms with Crippen LogP contribution >= 0.6 is 0 Å². The number of anilines is 2. The minimum Gasteiger partial charge on any atom is -0.384 e. The minimum atomic E-state index is -4.56. The van der Waals surface area contributed by atoms with E-state index in [0.29, 0.717) is 18.1 Å². The van der Waals surface area contributed by atoms with Crippen molar-refractivity contribution < 1.29 is 17.2 Å². The van der Waals surface area contributed by atoms with E-state index in [1.807, 2.05) is 0 Å². The van der Waals surface area contributed by atoms with Crippen LogP contribution in [-0.4, -0.2) is 24.0 Å². The van der Waals surface area contributed by atoms with E-state index in [1.54, 1.807) is 13.2 Å². The van der Waals surface area contributed by atoms with Crippen molar-refractivity contribution in [2.24, 2.45) is 7.05 Å². The lowest BCUT2D eigenvalue weighted by Crippen LogP contribution is -2.11. The third-order valence-electron chi connectivity index (χ3n) is 2.96. The van der Waals surface area contributed by atoms with Gasteiger partial charge in [-0.25, -0.2) is 8.42 Å². The molecule has 114 valence electrons. The van der Waals surface area contributed by atoms with Crippen LogP contribution in [0.2, 0.25) is 0 Å². The average Bonchev–Trinajstić information content (AvgIpc) is 2.77. The smallest absolute Gasteiger partial charge is 0.341 e. The number of aromatic nitrogens is 2. The quantitative estimate of drug-likeness (QED) is 0.874. The fourth-order valence-electron chi connectivity index (χ4n) is 1.69. The second-order valence-electron chi connectivity index (χ2n) is 4.36. The molecule has 0 saturated carbocycles. The Balaban J connectivity index is 2.08. The number of nitrogens with zero attached hydrogens (tertiary/aromatic N) is 2. The first-order chi connectivity index (χ1) is 9.82. The Morgan fingerprint density at radius 3 is 2.43 bits per heavy atom. The molecule has 1 heterocycles. The maximum atomic E-state index is 12.4. The zero-order chi connectivity index (χ0) is 15.6. The Kier molecular flexibility index (Phi) is 4.12. The number of rotatable bonds is 5. The van der Waals surface area contributed by atoms with Gasteiger partial charge in [0.25, 0.3) is 0 Å². The number of halogens is 2. The van der Waals surface area contributed by atoms with E-state index in [9.17, 15) is 17.2 Å². The van der Waals surface area contributed by atoms with E-state index in [2.05, 4.69) is 10.4 Å². The van der Waals surface area contributed by atoms with E-state index in [-0.39, 0.29) is 0 Å². The maximum Gasteiger partial charge on any atom is 0.341 e. The van der Waals surface area contributed by atoms with E-state index >= 15 is 0 Å². The Morgan fingerprint density at radius 2 is 1.95 bits per heavy atom. The molecule has 6 nitrogen and oxygen atoms in total. The highest BCUT2D eigenvalue weighted by Crippen LogP contribution is 2.21. The molecule has 3 N–H and O–H groups in total. The molecule has 2 aromatic rings. The molecule has 1 aromatic carbocycles. The van der Waals surface area contributed by atoms with Gasteiger partial charge in [0.2, 0.25) is 9.84 Å². The molecular formula is C12H14F2N4O2S. The fourth-order valence-corrected chi connectivity index (χ4v) is 2.41. The van der Waals surface area contributed by atoms with Gasteiger partial charge in [-0.2, -0.15) is 13.9 Å². The third-order valence-corrected chi connectivity index (χ3v) is 4.36. The van der Waals surface area contributed by atoms with Crippen LogP contribution in [0.3, 0.4) is 0 Å². The zero-order valence-corrected chi connectivity index (χ0v) is 11.9. The van der Waals surface area contributed by atoms with Gasteiger partial charge in [-0.05, 0) is 24.3 Å². The number of nitrogens with one attached hydrogen (secondary N) is 1. The van der Waals surface area contributed by atoms with Crippen molar-refractivity contribution in [2.75, 3.05) is 11.1 Å². The van der Waals surface area contributed by atoms with Gasteiger partial charge in [-0.1, -0.05) is 0 Å². The molecule has 0 atom stereocenters. The van der Waals surface area contributed by atoms with E-state index in [0.717, 1.165) is 17.7 Å². The van der Waals surface area contributed by atoms with Gasteiger partial charge in [0.15, 0.2) is 0 Å². The van der Waals surface area contributed by atoms with Gasteiger partial charge in [0.1, 0.15) is 5.82 Å². The van der Waals surface area contributed by atoms with Gasteiger partial charge in [-0.3, -0.25) is 4.68 Å². The Morgan fingerprint density at radius 1 is 1.33 bits per heavy atom. The second-order valence-corrected chi connectivity index (χ2v) is 6.28. The standard InChI is InChI=1S/C12H14F2N4O2S/c1-18-11(15)8(7-17-18)6-16-9-2-4-10(5-3-9)21(19,20)12(13)14/h2-5,7,12,16H,6,15H2,1H3. The Bertz CT molecular complexity index is 726. The zero-order valence-electron chi connectivity index (χ0n) is 11.1. The van der Waals surface area contributed by atoms with Crippen LogP contribution in [0.25, 0.3) is 0 Å². The molecule has 9 heteroatoms. The molecule has 0 spiro atoms. The SMILES string of the molecule is Cn1ncc(CNc2ccc(S(=O)(=O)C(F)F)cc2)c1N. The number of aryl methyl sites for hydroxylation is 1. The molecule has 0 aliphatic heterocycles. The molecule has 0 saturated heterocycles. The van der Waals surface area contributed by atoms with Crippen LogP contribution in [0.15, 0.2) is 35.4 Å². The van der Waals surface area contributed by atoms with Crippen molar-refractivity contribution >= 4 is 21.3 Å². The summed E-state index contributed by atoms with van der Waals surface area (Å²) >= 11 is 0. The average molecular weight is 316 g/mol. The van der Waals surface area contributed by atoms with E-state index in [1.165, 1.54) is 16.8 Å². The highest BCUT2D eigenvalue weighted by Gasteiger charge is 2.26. The highest BCUT2D eigenvalue weighted by molar-refractivity contribution is 7.91. The summed E-state index contributed by atoms with van der Waals surface area (Å²) in [5.74, 6) is -2.91. The number of hydrogen-bond donors (Lipinski definition) is 2. The van der Waals surface area contributed by atoms with Crippen LogP contribution in [0.4, 0.5) is 20.3 Å². The number of alkyl halides is 2. The Labute approximate surface area is 120 Å². The van der Waals surface area contributed by atoms with Crippen LogP contribution < -0.4 is 11.1 Å². The van der Waals surface area contributed by atoms with Crippen LogP contribution in [0.5, 0.6) is 0 Å². The van der Waals surface area contributed by atoms with Crippen molar-refractivity contribution in [3.63, 3.8) is 0 Å². The van der Waals surface area contributed by atoms with E-state index in [4.69, 9.17) is 5.73 Å². The molecule has 2 rings (SSSR count). The summed E-state index contributed by atoms with van der Waals surface area (Å²) in [5, 5.41) is 6.99. The normalized spacial score (nSPS) is 11.8. The molecule has 21 heavy (non-hydrogen) atoms. The summed E-state index contributed by atoms with van der Waals surface area (Å²) in [6.45, 7) is 0.390. The first-order valence-corrected chi connectivity index (χ1v) is 7.49. The van der Waals surface area contributed by atoms with Crippen LogP contribution in [0, 0.1) is 0 Å².